The molecule has 0 saturated carbocycles. The summed E-state index contributed by atoms with van der Waals surface area (Å²) in [5.41, 5.74) is 3.26. The number of thiazole rings is 1. The first kappa shape index (κ1) is 23.4. The van der Waals surface area contributed by atoms with E-state index in [-0.39, 0.29) is 5.91 Å². The topological polar surface area (TPSA) is 97.2 Å². The molecule has 0 fully saturated rings. The fourth-order valence-electron chi connectivity index (χ4n) is 4.36. The Morgan fingerprint density at radius 2 is 1.97 bits per heavy atom. The second-order valence-electron chi connectivity index (χ2n) is 8.50. The molecule has 0 radical (unpaired) electrons. The number of carbonyl (C=O) groups is 1. The van der Waals surface area contributed by atoms with Crippen LogP contribution in [0.1, 0.15) is 38.6 Å². The molecule has 35 heavy (non-hydrogen) atoms. The second-order valence-corrected chi connectivity index (χ2v) is 9.97. The lowest BCUT2D eigenvalue weighted by molar-refractivity contribution is 0.0228. The third-order valence-electron chi connectivity index (χ3n) is 6.17. The Balaban J connectivity index is 1.43. The van der Waals surface area contributed by atoms with Gasteiger partial charge in [0.1, 0.15) is 10.9 Å². The van der Waals surface area contributed by atoms with E-state index in [9.17, 15) is 9.90 Å². The summed E-state index contributed by atoms with van der Waals surface area (Å²) in [4.78, 5) is 27.4. The Kier molecular flexibility index (Phi) is 6.27. The molecule has 1 aliphatic rings. The number of hydrogen-bond donors (Lipinski definition) is 2. The van der Waals surface area contributed by atoms with Crippen LogP contribution < -0.4 is 10.1 Å². The normalized spacial score (nSPS) is 17.0. The van der Waals surface area contributed by atoms with Crippen molar-refractivity contribution in [2.24, 2.45) is 0 Å². The van der Waals surface area contributed by atoms with Gasteiger partial charge in [-0.1, -0.05) is 41.9 Å². The molecule has 3 heterocycles. The lowest BCUT2D eigenvalue weighted by atomic mass is 9.81. The highest BCUT2D eigenvalue weighted by Gasteiger charge is 2.36. The lowest BCUT2D eigenvalue weighted by Crippen LogP contribution is -2.32. The Bertz CT molecular complexity index is 1410. The molecule has 0 bridgehead atoms. The number of anilines is 1. The van der Waals surface area contributed by atoms with Crippen LogP contribution in [0, 0.1) is 6.92 Å². The first-order valence-electron chi connectivity index (χ1n) is 11.1. The summed E-state index contributed by atoms with van der Waals surface area (Å²) >= 11 is 7.53. The van der Waals surface area contributed by atoms with Gasteiger partial charge in [0.25, 0.3) is 5.91 Å². The second kappa shape index (κ2) is 9.37. The molecule has 0 saturated heterocycles. The number of pyridine rings is 2. The predicted molar refractivity (Wildman–Crippen MR) is 136 cm³/mol. The van der Waals surface area contributed by atoms with E-state index >= 15 is 0 Å². The minimum Gasteiger partial charge on any atom is -0.494 e. The van der Waals surface area contributed by atoms with Crippen LogP contribution in [-0.2, 0) is 18.4 Å². The molecule has 0 unspecified atom stereocenters. The number of fused-ring (bicyclic) bond motifs is 1. The van der Waals surface area contributed by atoms with Gasteiger partial charge >= 0.3 is 0 Å². The van der Waals surface area contributed by atoms with Crippen molar-refractivity contribution in [2.75, 3.05) is 12.4 Å². The lowest BCUT2D eigenvalue weighted by Gasteiger charge is -2.31. The Morgan fingerprint density at radius 3 is 2.74 bits per heavy atom. The molecule has 1 atom stereocenters. The molecule has 2 N–H and O–H groups in total. The molecule has 5 rings (SSSR count). The number of ether oxygens (including phenoxy) is 1. The monoisotopic (exact) mass is 506 g/mol. The molecule has 9 heteroatoms. The van der Waals surface area contributed by atoms with Gasteiger partial charge in [0, 0.05) is 34.3 Å². The summed E-state index contributed by atoms with van der Waals surface area (Å²) < 4.78 is 5.45. The van der Waals surface area contributed by atoms with Crippen molar-refractivity contribution in [3.05, 3.63) is 87.4 Å². The van der Waals surface area contributed by atoms with Gasteiger partial charge in [-0.05, 0) is 37.5 Å². The van der Waals surface area contributed by atoms with E-state index in [1.54, 1.807) is 13.2 Å². The highest BCUT2D eigenvalue weighted by atomic mass is 35.5. The van der Waals surface area contributed by atoms with E-state index < -0.39 is 5.60 Å². The van der Waals surface area contributed by atoms with Crippen molar-refractivity contribution in [1.29, 1.82) is 0 Å². The number of rotatable bonds is 5. The van der Waals surface area contributed by atoms with Gasteiger partial charge in [0.15, 0.2) is 5.13 Å². The maximum absolute atomic E-state index is 13.3. The van der Waals surface area contributed by atoms with Crippen LogP contribution in [0.15, 0.2) is 54.9 Å². The van der Waals surface area contributed by atoms with Crippen molar-refractivity contribution in [3.8, 4) is 16.9 Å². The molecule has 0 aliphatic heterocycles. The minimum absolute atomic E-state index is 0.292. The number of nitrogens with one attached hydrogen (secondary N) is 1. The zero-order chi connectivity index (χ0) is 24.6. The SMILES string of the molecule is COc1cnc(Cl)cc1-c1cc(C)ncc1C(=O)Nc1nc2c(s1)C[C@](O)(c1ccccc1)CC2. The number of hydrogen-bond acceptors (Lipinski definition) is 7. The smallest absolute Gasteiger partial charge is 0.259 e. The van der Waals surface area contributed by atoms with Crippen LogP contribution >= 0.6 is 22.9 Å². The number of aliphatic hydroxyl groups is 1. The number of amides is 1. The predicted octanol–water partition coefficient (Wildman–Crippen LogP) is 5.20. The van der Waals surface area contributed by atoms with Gasteiger partial charge in [-0.15, -0.1) is 11.3 Å². The number of aryl methyl sites for hydroxylation is 2. The highest BCUT2D eigenvalue weighted by molar-refractivity contribution is 7.15. The van der Waals surface area contributed by atoms with Crippen LogP contribution in [0.5, 0.6) is 5.75 Å². The number of aromatic nitrogens is 3. The minimum atomic E-state index is -0.937. The molecule has 1 aliphatic carbocycles. The summed E-state index contributed by atoms with van der Waals surface area (Å²) in [7, 11) is 1.54. The van der Waals surface area contributed by atoms with Gasteiger partial charge in [0.2, 0.25) is 0 Å². The Morgan fingerprint density at radius 1 is 1.17 bits per heavy atom. The zero-order valence-corrected chi connectivity index (χ0v) is 20.8. The summed E-state index contributed by atoms with van der Waals surface area (Å²) in [5.74, 6) is 0.158. The third-order valence-corrected chi connectivity index (χ3v) is 7.39. The summed E-state index contributed by atoms with van der Waals surface area (Å²) in [5, 5.41) is 15.0. The van der Waals surface area contributed by atoms with Crippen molar-refractivity contribution >= 4 is 34.0 Å². The summed E-state index contributed by atoms with van der Waals surface area (Å²) in [6.07, 6.45) is 4.74. The average molecular weight is 507 g/mol. The molecule has 1 amide bonds. The molecular weight excluding hydrogens is 484 g/mol. The van der Waals surface area contributed by atoms with Gasteiger partial charge in [-0.25, -0.2) is 9.97 Å². The van der Waals surface area contributed by atoms with Gasteiger partial charge in [0.05, 0.1) is 30.2 Å². The third kappa shape index (κ3) is 4.65. The standard InChI is InChI=1S/C26H23ClN4O3S/c1-15-10-17(18-11-23(27)29-14-21(18)34-2)19(13-28-15)24(32)31-25-30-20-8-9-26(33,12-22(20)35-25)16-6-4-3-5-7-16/h3-7,10-11,13-14,33H,8-9,12H2,1-2H3,(H,30,31,32)/t26-/m0/s1. The van der Waals surface area contributed by atoms with Crippen molar-refractivity contribution in [2.45, 2.75) is 31.8 Å². The summed E-state index contributed by atoms with van der Waals surface area (Å²) in [6.45, 7) is 1.85. The molecule has 4 aromatic rings. The highest BCUT2D eigenvalue weighted by Crippen LogP contribution is 2.40. The van der Waals surface area contributed by atoms with Gasteiger partial charge in [-0.3, -0.25) is 15.1 Å². The zero-order valence-electron chi connectivity index (χ0n) is 19.2. The van der Waals surface area contributed by atoms with Gasteiger partial charge in [-0.2, -0.15) is 0 Å². The van der Waals surface area contributed by atoms with E-state index in [4.69, 9.17) is 16.3 Å². The van der Waals surface area contributed by atoms with Crippen molar-refractivity contribution in [3.63, 3.8) is 0 Å². The van der Waals surface area contributed by atoms with Crippen LogP contribution in [-0.4, -0.2) is 33.1 Å². The van der Waals surface area contributed by atoms with Gasteiger partial charge < -0.3 is 9.84 Å². The summed E-state index contributed by atoms with van der Waals surface area (Å²) in [6, 6.07) is 13.2. The maximum atomic E-state index is 13.3. The quantitative estimate of drug-likeness (QED) is 0.361. The molecule has 178 valence electrons. The molecule has 1 aromatic carbocycles. The maximum Gasteiger partial charge on any atom is 0.259 e. The largest absolute Gasteiger partial charge is 0.494 e. The van der Waals surface area contributed by atoms with Crippen LogP contribution in [0.25, 0.3) is 11.1 Å². The van der Waals surface area contributed by atoms with E-state index in [0.29, 0.717) is 52.0 Å². The average Bonchev–Trinajstić information content (AvgIpc) is 3.25. The molecule has 7 nitrogen and oxygen atoms in total. The number of benzene rings is 1. The first-order chi connectivity index (χ1) is 16.9. The van der Waals surface area contributed by atoms with Crippen LogP contribution in [0.2, 0.25) is 5.15 Å². The number of methoxy groups -OCH3 is 1. The molecule has 3 aromatic heterocycles. The Hall–Kier alpha value is -3.33. The molecule has 0 spiro atoms. The molecular formula is C26H23ClN4O3S. The number of halogens is 1. The van der Waals surface area contributed by atoms with E-state index in [1.165, 1.54) is 23.7 Å². The Labute approximate surface area is 211 Å². The van der Waals surface area contributed by atoms with Crippen molar-refractivity contribution < 1.29 is 14.6 Å². The van der Waals surface area contributed by atoms with Crippen molar-refractivity contribution in [1.82, 2.24) is 15.0 Å². The number of nitrogens with zero attached hydrogens (tertiary/aromatic N) is 3. The van der Waals surface area contributed by atoms with E-state index in [0.717, 1.165) is 21.8 Å². The van der Waals surface area contributed by atoms with Crippen LogP contribution in [0.3, 0.4) is 0 Å². The van der Waals surface area contributed by atoms with Crippen LogP contribution in [0.4, 0.5) is 5.13 Å². The van der Waals surface area contributed by atoms with E-state index in [2.05, 4.69) is 20.3 Å². The first-order valence-corrected chi connectivity index (χ1v) is 12.3. The van der Waals surface area contributed by atoms with E-state index in [1.807, 2.05) is 43.3 Å². The fraction of sp³-hybridized carbons (Fsp3) is 0.231. The fourth-order valence-corrected chi connectivity index (χ4v) is 5.63. The number of carbonyl (C=O) groups excluding carboxylic acids is 1.